The first-order valence-corrected chi connectivity index (χ1v) is 8.09. The normalized spacial score (nSPS) is 22.0. The minimum absolute atomic E-state index is 0.269. The van der Waals surface area contributed by atoms with Crippen LogP contribution in [0.3, 0.4) is 0 Å². The number of rotatable bonds is 2. The number of nitrogens with one attached hydrogen (secondary N) is 1. The second-order valence-corrected chi connectivity index (χ2v) is 6.33. The zero-order valence-corrected chi connectivity index (χ0v) is 12.5. The maximum absolute atomic E-state index is 4.51. The van der Waals surface area contributed by atoms with Crippen LogP contribution in [0.15, 0.2) is 24.3 Å². The minimum Gasteiger partial charge on any atom is -0.375 e. The highest BCUT2D eigenvalue weighted by molar-refractivity contribution is 5.57. The van der Waals surface area contributed by atoms with Crippen LogP contribution < -0.4 is 5.32 Å². The fourth-order valence-corrected chi connectivity index (χ4v) is 3.87. The lowest BCUT2D eigenvalue weighted by molar-refractivity contribution is 0.337. The molecule has 4 heteroatoms. The summed E-state index contributed by atoms with van der Waals surface area (Å²) in [6.45, 7) is 2.09. The van der Waals surface area contributed by atoms with Crippen molar-refractivity contribution in [1.29, 1.82) is 0 Å². The molecular formula is C17H22N4. The van der Waals surface area contributed by atoms with E-state index in [9.17, 15) is 0 Å². The average molecular weight is 282 g/mol. The van der Waals surface area contributed by atoms with E-state index in [4.69, 9.17) is 0 Å². The maximum atomic E-state index is 4.51. The molecule has 0 saturated heterocycles. The van der Waals surface area contributed by atoms with E-state index in [-0.39, 0.29) is 6.04 Å². The molecule has 4 nitrogen and oxygen atoms in total. The third-order valence-corrected chi connectivity index (χ3v) is 4.92. The molecule has 1 aromatic carbocycles. The van der Waals surface area contributed by atoms with Gasteiger partial charge >= 0.3 is 0 Å². The van der Waals surface area contributed by atoms with E-state index in [0.29, 0.717) is 6.04 Å². The fourth-order valence-electron chi connectivity index (χ4n) is 3.87. The number of aryl methyl sites for hydroxylation is 1. The SMILES string of the molecule is Cc1nnc([C@@H]2Cc3ccccc3N2)n1C1CCCCC1. The highest BCUT2D eigenvalue weighted by Gasteiger charge is 2.29. The number of para-hydroxylation sites is 1. The summed E-state index contributed by atoms with van der Waals surface area (Å²) in [5, 5.41) is 12.5. The summed E-state index contributed by atoms with van der Waals surface area (Å²) >= 11 is 0. The topological polar surface area (TPSA) is 42.7 Å². The van der Waals surface area contributed by atoms with Gasteiger partial charge in [-0.05, 0) is 31.4 Å². The zero-order valence-electron chi connectivity index (χ0n) is 12.5. The van der Waals surface area contributed by atoms with Crippen molar-refractivity contribution in [3.8, 4) is 0 Å². The quantitative estimate of drug-likeness (QED) is 0.911. The van der Waals surface area contributed by atoms with Gasteiger partial charge in [-0.15, -0.1) is 10.2 Å². The summed E-state index contributed by atoms with van der Waals surface area (Å²) in [5.41, 5.74) is 2.64. The maximum Gasteiger partial charge on any atom is 0.156 e. The molecule has 0 spiro atoms. The third-order valence-electron chi connectivity index (χ3n) is 4.92. The van der Waals surface area contributed by atoms with Gasteiger partial charge < -0.3 is 9.88 Å². The Hall–Kier alpha value is -1.84. The van der Waals surface area contributed by atoms with Crippen LogP contribution in [0, 0.1) is 6.92 Å². The Labute approximate surface area is 125 Å². The monoisotopic (exact) mass is 282 g/mol. The predicted molar refractivity (Wildman–Crippen MR) is 83.4 cm³/mol. The molecule has 1 aromatic heterocycles. The number of hydrogen-bond donors (Lipinski definition) is 1. The number of hydrogen-bond acceptors (Lipinski definition) is 3. The van der Waals surface area contributed by atoms with E-state index in [0.717, 1.165) is 18.1 Å². The predicted octanol–water partition coefficient (Wildman–Crippen LogP) is 3.80. The van der Waals surface area contributed by atoms with Crippen LogP contribution in [0.1, 0.15) is 61.4 Å². The summed E-state index contributed by atoms with van der Waals surface area (Å²) in [5.74, 6) is 2.19. The number of benzene rings is 1. The Morgan fingerprint density at radius 3 is 2.71 bits per heavy atom. The van der Waals surface area contributed by atoms with E-state index in [1.54, 1.807) is 0 Å². The molecule has 1 fully saturated rings. The molecule has 0 amide bonds. The van der Waals surface area contributed by atoms with Crippen LogP contribution in [0.2, 0.25) is 0 Å². The van der Waals surface area contributed by atoms with Crippen LogP contribution in [-0.4, -0.2) is 14.8 Å². The van der Waals surface area contributed by atoms with E-state index >= 15 is 0 Å². The lowest BCUT2D eigenvalue weighted by atomic mass is 9.95. The number of fused-ring (bicyclic) bond motifs is 1. The number of aromatic nitrogens is 3. The molecule has 1 aliphatic carbocycles. The van der Waals surface area contributed by atoms with Crippen molar-refractivity contribution in [3.63, 3.8) is 0 Å². The van der Waals surface area contributed by atoms with Crippen LogP contribution in [-0.2, 0) is 6.42 Å². The van der Waals surface area contributed by atoms with Crippen molar-refractivity contribution < 1.29 is 0 Å². The molecule has 2 heterocycles. The smallest absolute Gasteiger partial charge is 0.156 e. The second-order valence-electron chi connectivity index (χ2n) is 6.33. The Morgan fingerprint density at radius 2 is 1.90 bits per heavy atom. The molecule has 1 aliphatic heterocycles. The first-order chi connectivity index (χ1) is 10.3. The van der Waals surface area contributed by atoms with Gasteiger partial charge in [-0.25, -0.2) is 0 Å². The van der Waals surface area contributed by atoms with E-state index in [1.807, 2.05) is 0 Å². The van der Waals surface area contributed by atoms with Gasteiger partial charge in [0, 0.05) is 18.2 Å². The van der Waals surface area contributed by atoms with Gasteiger partial charge in [0.1, 0.15) is 5.82 Å². The molecule has 0 radical (unpaired) electrons. The summed E-state index contributed by atoms with van der Waals surface area (Å²) in [4.78, 5) is 0. The molecule has 1 N–H and O–H groups in total. The lowest BCUT2D eigenvalue weighted by Gasteiger charge is -2.26. The average Bonchev–Trinajstić information content (AvgIpc) is 3.11. The van der Waals surface area contributed by atoms with E-state index in [1.165, 1.54) is 43.4 Å². The summed E-state index contributed by atoms with van der Waals surface area (Å²) < 4.78 is 2.41. The van der Waals surface area contributed by atoms with Crippen molar-refractivity contribution in [2.24, 2.45) is 0 Å². The Balaban J connectivity index is 1.65. The molecular weight excluding hydrogens is 260 g/mol. The van der Waals surface area contributed by atoms with Gasteiger partial charge in [0.25, 0.3) is 0 Å². The van der Waals surface area contributed by atoms with Crippen molar-refractivity contribution in [3.05, 3.63) is 41.5 Å². The van der Waals surface area contributed by atoms with Crippen molar-refractivity contribution in [2.45, 2.75) is 57.5 Å². The highest BCUT2D eigenvalue weighted by Crippen LogP contribution is 2.36. The van der Waals surface area contributed by atoms with E-state index in [2.05, 4.69) is 51.3 Å². The zero-order chi connectivity index (χ0) is 14.2. The van der Waals surface area contributed by atoms with Crippen LogP contribution >= 0.6 is 0 Å². The summed E-state index contributed by atoms with van der Waals surface area (Å²) in [7, 11) is 0. The molecule has 1 saturated carbocycles. The first-order valence-electron chi connectivity index (χ1n) is 8.09. The first kappa shape index (κ1) is 12.9. The van der Waals surface area contributed by atoms with Gasteiger partial charge in [0.2, 0.25) is 0 Å². The van der Waals surface area contributed by atoms with Gasteiger partial charge in [0.05, 0.1) is 6.04 Å². The van der Waals surface area contributed by atoms with Gasteiger partial charge in [-0.3, -0.25) is 0 Å². The largest absolute Gasteiger partial charge is 0.375 e. The molecule has 1 atom stereocenters. The lowest BCUT2D eigenvalue weighted by Crippen LogP contribution is -2.21. The highest BCUT2D eigenvalue weighted by atomic mass is 15.3. The van der Waals surface area contributed by atoms with Crippen molar-refractivity contribution >= 4 is 5.69 Å². The fraction of sp³-hybridized carbons (Fsp3) is 0.529. The summed E-state index contributed by atoms with van der Waals surface area (Å²) in [6, 6.07) is 9.42. The molecule has 2 aliphatic rings. The number of anilines is 1. The minimum atomic E-state index is 0.269. The third kappa shape index (κ3) is 2.23. The molecule has 0 unspecified atom stereocenters. The molecule has 0 bridgehead atoms. The van der Waals surface area contributed by atoms with E-state index < -0.39 is 0 Å². The van der Waals surface area contributed by atoms with Crippen LogP contribution in [0.25, 0.3) is 0 Å². The Morgan fingerprint density at radius 1 is 1.10 bits per heavy atom. The van der Waals surface area contributed by atoms with Crippen molar-refractivity contribution in [1.82, 2.24) is 14.8 Å². The molecule has 21 heavy (non-hydrogen) atoms. The van der Waals surface area contributed by atoms with Crippen molar-refractivity contribution in [2.75, 3.05) is 5.32 Å². The van der Waals surface area contributed by atoms with Crippen LogP contribution in [0.4, 0.5) is 5.69 Å². The Bertz CT molecular complexity index is 615. The van der Waals surface area contributed by atoms with Gasteiger partial charge in [0.15, 0.2) is 5.82 Å². The van der Waals surface area contributed by atoms with Crippen LogP contribution in [0.5, 0.6) is 0 Å². The molecule has 110 valence electrons. The Kier molecular flexibility index (Phi) is 3.17. The van der Waals surface area contributed by atoms with Gasteiger partial charge in [-0.2, -0.15) is 0 Å². The second kappa shape index (κ2) is 5.17. The number of nitrogens with zero attached hydrogens (tertiary/aromatic N) is 3. The standard InChI is InChI=1S/C17H22N4/c1-12-19-20-17(21(12)14-8-3-2-4-9-14)16-11-13-7-5-6-10-15(13)18-16/h5-7,10,14,16,18H,2-4,8-9,11H2,1H3/t16-/m0/s1. The van der Waals surface area contributed by atoms with Gasteiger partial charge in [-0.1, -0.05) is 37.5 Å². The summed E-state index contributed by atoms with van der Waals surface area (Å²) in [6.07, 6.45) is 7.60. The molecule has 2 aromatic rings. The molecule has 4 rings (SSSR count).